The molecule has 5 unspecified atom stereocenters. The van der Waals surface area contributed by atoms with E-state index in [0.717, 1.165) is 43.4 Å². The fourth-order valence-corrected chi connectivity index (χ4v) is 7.16. The molecule has 1 aromatic carbocycles. The molecule has 2 fully saturated rings. The van der Waals surface area contributed by atoms with Crippen LogP contribution < -0.4 is 10.1 Å². The van der Waals surface area contributed by atoms with Crippen molar-refractivity contribution in [3.8, 4) is 11.5 Å². The van der Waals surface area contributed by atoms with Crippen molar-refractivity contribution in [3.63, 3.8) is 0 Å². The van der Waals surface area contributed by atoms with Crippen molar-refractivity contribution in [2.45, 2.75) is 95.4 Å². The molecule has 1 spiro atoms. The topological polar surface area (TPSA) is 88.1 Å². The quantitative estimate of drug-likeness (QED) is 0.678. The number of carbonyl (C=O) groups is 2. The molecule has 2 N–H and O–H groups in total. The number of nitrogens with zero attached hydrogens (tertiary/aromatic N) is 1. The number of phenolic OH excluding ortho intramolecular Hbond substituents is 1. The number of esters is 1. The van der Waals surface area contributed by atoms with E-state index in [1.54, 1.807) is 13.0 Å². The minimum atomic E-state index is -0.515. The summed E-state index contributed by atoms with van der Waals surface area (Å²) in [5.41, 5.74) is 2.67. The molecule has 1 saturated heterocycles. The van der Waals surface area contributed by atoms with E-state index in [0.29, 0.717) is 24.1 Å². The standard InChI is InChI=1S/C26H36N2O5/c1-14(29)27-18-8-7-17-19-13-16-15(6-9-21(31)33-25(2,3)4)12-20(30)23-22(16)26(17,24(18)32-23)10-11-28(19)5/h12,17-19,24,30H,6-11,13H2,1-5H3,(H,27,29). The van der Waals surface area contributed by atoms with E-state index in [2.05, 4.69) is 17.3 Å². The Labute approximate surface area is 195 Å². The minimum absolute atomic E-state index is 0.0443. The van der Waals surface area contributed by atoms with E-state index in [9.17, 15) is 14.7 Å². The van der Waals surface area contributed by atoms with Gasteiger partial charge in [0.1, 0.15) is 11.7 Å². The van der Waals surface area contributed by atoms with E-state index in [1.807, 2.05) is 20.8 Å². The lowest BCUT2D eigenvalue weighted by atomic mass is 9.50. The van der Waals surface area contributed by atoms with Gasteiger partial charge in [-0.1, -0.05) is 0 Å². The maximum Gasteiger partial charge on any atom is 0.306 e. The van der Waals surface area contributed by atoms with Gasteiger partial charge in [0, 0.05) is 30.4 Å². The van der Waals surface area contributed by atoms with E-state index < -0.39 is 5.60 Å². The second-order valence-corrected chi connectivity index (χ2v) is 11.4. The van der Waals surface area contributed by atoms with E-state index in [1.165, 1.54) is 5.56 Å². The monoisotopic (exact) mass is 456 g/mol. The molecule has 1 aromatic rings. The number of ether oxygens (including phenoxy) is 2. The zero-order valence-corrected chi connectivity index (χ0v) is 20.4. The number of nitrogens with one attached hydrogen (secondary N) is 1. The molecule has 2 bridgehead atoms. The molecular weight excluding hydrogens is 420 g/mol. The number of phenols is 1. The van der Waals surface area contributed by atoms with Crippen molar-refractivity contribution in [3.05, 3.63) is 22.8 Å². The average molecular weight is 457 g/mol. The number of rotatable bonds is 4. The Morgan fingerprint density at radius 2 is 2.09 bits per heavy atom. The summed E-state index contributed by atoms with van der Waals surface area (Å²) in [6.45, 7) is 8.15. The normalized spacial score (nSPS) is 32.0. The lowest BCUT2D eigenvalue weighted by Gasteiger charge is -2.59. The fraction of sp³-hybridized carbons (Fsp3) is 0.692. The van der Waals surface area contributed by atoms with Crippen LogP contribution >= 0.6 is 0 Å². The van der Waals surface area contributed by atoms with Crippen molar-refractivity contribution >= 4 is 11.9 Å². The van der Waals surface area contributed by atoms with Crippen LogP contribution in [0.25, 0.3) is 0 Å². The molecule has 2 aliphatic heterocycles. The van der Waals surface area contributed by atoms with Crippen LogP contribution in [0.4, 0.5) is 0 Å². The molecule has 7 nitrogen and oxygen atoms in total. The van der Waals surface area contributed by atoms with E-state index in [-0.39, 0.29) is 41.6 Å². The van der Waals surface area contributed by atoms with Crippen LogP contribution in [-0.4, -0.2) is 59.3 Å². The van der Waals surface area contributed by atoms with Gasteiger partial charge in [-0.3, -0.25) is 9.59 Å². The number of aromatic hydroxyl groups is 1. The van der Waals surface area contributed by atoms with Crippen LogP contribution in [0.15, 0.2) is 6.07 Å². The van der Waals surface area contributed by atoms with Gasteiger partial charge in [0.15, 0.2) is 11.5 Å². The Hall–Kier alpha value is -2.28. The second-order valence-electron chi connectivity index (χ2n) is 11.4. The number of likely N-dealkylation sites (N-methyl/N-ethyl adjacent to an activating group) is 1. The Bertz CT molecular complexity index is 999. The summed E-state index contributed by atoms with van der Waals surface area (Å²) in [4.78, 5) is 26.9. The molecule has 33 heavy (non-hydrogen) atoms. The van der Waals surface area contributed by atoms with E-state index in [4.69, 9.17) is 9.47 Å². The highest BCUT2D eigenvalue weighted by Gasteiger charge is 2.65. The summed E-state index contributed by atoms with van der Waals surface area (Å²) in [6.07, 6.45) is 4.40. The lowest BCUT2D eigenvalue weighted by molar-refractivity contribution is -0.154. The van der Waals surface area contributed by atoms with Crippen LogP contribution in [0.1, 0.15) is 70.1 Å². The van der Waals surface area contributed by atoms with Crippen molar-refractivity contribution in [1.82, 2.24) is 10.2 Å². The highest BCUT2D eigenvalue weighted by molar-refractivity contribution is 5.74. The summed E-state index contributed by atoms with van der Waals surface area (Å²) in [7, 11) is 2.20. The Morgan fingerprint density at radius 3 is 2.79 bits per heavy atom. The number of likely N-dealkylation sites (tertiary alicyclic amines) is 1. The van der Waals surface area contributed by atoms with Gasteiger partial charge in [0.2, 0.25) is 5.91 Å². The van der Waals surface area contributed by atoms with Gasteiger partial charge in [-0.05, 0) is 89.6 Å². The van der Waals surface area contributed by atoms with Gasteiger partial charge in [-0.25, -0.2) is 0 Å². The van der Waals surface area contributed by atoms with Gasteiger partial charge >= 0.3 is 5.97 Å². The molecule has 1 amide bonds. The first-order valence-electron chi connectivity index (χ1n) is 12.3. The smallest absolute Gasteiger partial charge is 0.306 e. The van der Waals surface area contributed by atoms with Crippen LogP contribution in [0, 0.1) is 5.92 Å². The first kappa shape index (κ1) is 22.5. The predicted molar refractivity (Wildman–Crippen MR) is 123 cm³/mol. The largest absolute Gasteiger partial charge is 0.504 e. The summed E-state index contributed by atoms with van der Waals surface area (Å²) in [5, 5.41) is 14.2. The molecule has 5 atom stereocenters. The zero-order chi connectivity index (χ0) is 23.7. The van der Waals surface area contributed by atoms with Crippen molar-refractivity contribution < 1.29 is 24.2 Å². The maximum atomic E-state index is 12.4. The average Bonchev–Trinajstić information content (AvgIpc) is 3.05. The number of hydrogen-bond acceptors (Lipinski definition) is 6. The number of piperidine rings is 1. The molecular formula is C26H36N2O5. The molecule has 2 heterocycles. The summed E-state index contributed by atoms with van der Waals surface area (Å²) >= 11 is 0. The summed E-state index contributed by atoms with van der Waals surface area (Å²) < 4.78 is 12.0. The molecule has 2 aliphatic carbocycles. The van der Waals surface area contributed by atoms with Crippen molar-refractivity contribution in [2.75, 3.05) is 13.6 Å². The summed E-state index contributed by atoms with van der Waals surface area (Å²) in [6, 6.07) is 2.12. The van der Waals surface area contributed by atoms with Gasteiger partial charge in [-0.2, -0.15) is 0 Å². The second kappa shape index (κ2) is 7.62. The number of amides is 1. The van der Waals surface area contributed by atoms with Crippen LogP contribution in [0.3, 0.4) is 0 Å². The molecule has 0 aromatic heterocycles. The number of benzene rings is 1. The highest BCUT2D eigenvalue weighted by Crippen LogP contribution is 2.64. The highest BCUT2D eigenvalue weighted by atomic mass is 16.6. The third kappa shape index (κ3) is 3.50. The molecule has 7 heteroatoms. The van der Waals surface area contributed by atoms with Gasteiger partial charge in [0.05, 0.1) is 6.04 Å². The first-order chi connectivity index (χ1) is 15.5. The van der Waals surface area contributed by atoms with E-state index >= 15 is 0 Å². The number of carbonyl (C=O) groups excluding carboxylic acids is 2. The minimum Gasteiger partial charge on any atom is -0.504 e. The van der Waals surface area contributed by atoms with Crippen molar-refractivity contribution in [1.29, 1.82) is 0 Å². The molecule has 4 aliphatic rings. The fourth-order valence-electron chi connectivity index (χ4n) is 7.16. The Balaban J connectivity index is 1.56. The molecule has 180 valence electrons. The third-order valence-electron chi connectivity index (χ3n) is 8.22. The maximum absolute atomic E-state index is 12.4. The van der Waals surface area contributed by atoms with Gasteiger partial charge < -0.3 is 24.8 Å². The number of aryl methyl sites for hydroxylation is 1. The van der Waals surface area contributed by atoms with Crippen molar-refractivity contribution in [2.24, 2.45) is 5.92 Å². The number of hydrogen-bond donors (Lipinski definition) is 2. The zero-order valence-electron chi connectivity index (χ0n) is 20.4. The SMILES string of the molecule is CC(=O)NC1CCC2C3Cc4c(CCC(=O)OC(C)(C)C)cc(O)c5c4C2(CCN3C)C1O5. The Morgan fingerprint density at radius 1 is 1.33 bits per heavy atom. The predicted octanol–water partition coefficient (Wildman–Crippen LogP) is 2.84. The molecule has 5 rings (SSSR count). The third-order valence-corrected chi connectivity index (χ3v) is 8.22. The molecule has 0 radical (unpaired) electrons. The van der Waals surface area contributed by atoms with Gasteiger partial charge in [0.25, 0.3) is 0 Å². The van der Waals surface area contributed by atoms with Crippen LogP contribution in [0.2, 0.25) is 0 Å². The van der Waals surface area contributed by atoms with Gasteiger partial charge in [-0.15, -0.1) is 0 Å². The van der Waals surface area contributed by atoms with Crippen LogP contribution in [-0.2, 0) is 32.6 Å². The Kier molecular flexibility index (Phi) is 5.20. The van der Waals surface area contributed by atoms with Crippen LogP contribution in [0.5, 0.6) is 11.5 Å². The first-order valence-corrected chi connectivity index (χ1v) is 12.3. The summed E-state index contributed by atoms with van der Waals surface area (Å²) in [5.74, 6) is 0.907. The molecule has 1 saturated carbocycles. The lowest BCUT2D eigenvalue weighted by Crippen LogP contribution is -2.68.